The highest BCUT2D eigenvalue weighted by atomic mass is 19.1. The zero-order valence-electron chi connectivity index (χ0n) is 11.5. The molecule has 0 amide bonds. The maximum Gasteiger partial charge on any atom is 0.131 e. The summed E-state index contributed by atoms with van der Waals surface area (Å²) in [5.74, 6) is -0.912. The molecule has 1 fully saturated rings. The van der Waals surface area contributed by atoms with Gasteiger partial charge in [-0.25, -0.2) is 8.78 Å². The van der Waals surface area contributed by atoms with Crippen LogP contribution >= 0.6 is 0 Å². The number of benzene rings is 1. The van der Waals surface area contributed by atoms with Gasteiger partial charge in [0.25, 0.3) is 0 Å². The Morgan fingerprint density at radius 3 is 2.63 bits per heavy atom. The first kappa shape index (κ1) is 14.4. The lowest BCUT2D eigenvalue weighted by atomic mass is 9.88. The van der Waals surface area contributed by atoms with Gasteiger partial charge in [0.1, 0.15) is 11.6 Å². The minimum Gasteiger partial charge on any atom is -0.373 e. The fourth-order valence-electron chi connectivity index (χ4n) is 2.54. The van der Waals surface area contributed by atoms with E-state index in [1.807, 2.05) is 0 Å². The molecule has 0 saturated carbocycles. The first-order valence-corrected chi connectivity index (χ1v) is 6.88. The largest absolute Gasteiger partial charge is 0.373 e. The quantitative estimate of drug-likeness (QED) is 0.904. The molecule has 1 saturated heterocycles. The molecule has 2 rings (SSSR count). The first-order chi connectivity index (χ1) is 9.09. The van der Waals surface area contributed by atoms with Crippen molar-refractivity contribution in [3.63, 3.8) is 0 Å². The predicted molar refractivity (Wildman–Crippen MR) is 70.9 cm³/mol. The second kappa shape index (κ2) is 6.44. The van der Waals surface area contributed by atoms with Crippen LogP contribution in [0.5, 0.6) is 0 Å². The van der Waals surface area contributed by atoms with Crippen LogP contribution in [0.2, 0.25) is 0 Å². The summed E-state index contributed by atoms with van der Waals surface area (Å²) in [7, 11) is 0. The van der Waals surface area contributed by atoms with Crippen LogP contribution < -0.4 is 5.32 Å². The predicted octanol–water partition coefficient (Wildman–Crippen LogP) is 3.43. The maximum atomic E-state index is 13.9. The van der Waals surface area contributed by atoms with Crippen LogP contribution in [-0.4, -0.2) is 19.2 Å². The van der Waals surface area contributed by atoms with E-state index in [9.17, 15) is 8.78 Å². The van der Waals surface area contributed by atoms with Crippen molar-refractivity contribution in [3.8, 4) is 0 Å². The van der Waals surface area contributed by atoms with Crippen LogP contribution in [0.25, 0.3) is 0 Å². The molecule has 106 valence electrons. The summed E-state index contributed by atoms with van der Waals surface area (Å²) in [6.07, 6.45) is 1.39. The van der Waals surface area contributed by atoms with E-state index >= 15 is 0 Å². The van der Waals surface area contributed by atoms with E-state index in [-0.39, 0.29) is 11.5 Å². The maximum absolute atomic E-state index is 13.9. The fraction of sp³-hybridized carbons (Fsp3) is 0.600. The topological polar surface area (TPSA) is 21.3 Å². The van der Waals surface area contributed by atoms with Crippen molar-refractivity contribution in [1.82, 2.24) is 5.32 Å². The highest BCUT2D eigenvalue weighted by Crippen LogP contribution is 2.35. The van der Waals surface area contributed by atoms with Gasteiger partial charge in [-0.2, -0.15) is 0 Å². The van der Waals surface area contributed by atoms with Crippen molar-refractivity contribution < 1.29 is 13.5 Å². The Morgan fingerprint density at radius 2 is 2.00 bits per heavy atom. The molecule has 0 aromatic heterocycles. The summed E-state index contributed by atoms with van der Waals surface area (Å²) in [6, 6.07) is 4.33. The molecule has 1 aliphatic heterocycles. The second-order valence-corrected chi connectivity index (χ2v) is 5.39. The third-order valence-corrected chi connectivity index (χ3v) is 3.52. The van der Waals surface area contributed by atoms with E-state index in [0.29, 0.717) is 12.6 Å². The van der Waals surface area contributed by atoms with Crippen LogP contribution in [0.15, 0.2) is 18.2 Å². The van der Waals surface area contributed by atoms with Gasteiger partial charge in [0.15, 0.2) is 0 Å². The van der Waals surface area contributed by atoms with Gasteiger partial charge in [-0.1, -0.05) is 19.9 Å². The van der Waals surface area contributed by atoms with Crippen molar-refractivity contribution in [2.75, 3.05) is 13.2 Å². The second-order valence-electron chi connectivity index (χ2n) is 5.39. The lowest BCUT2D eigenvalue weighted by Gasteiger charge is -2.33. The molecule has 1 N–H and O–H groups in total. The molecule has 1 aliphatic rings. The van der Waals surface area contributed by atoms with Crippen molar-refractivity contribution in [3.05, 3.63) is 35.4 Å². The van der Waals surface area contributed by atoms with Crippen molar-refractivity contribution in [2.24, 2.45) is 5.92 Å². The zero-order chi connectivity index (χ0) is 13.8. The highest BCUT2D eigenvalue weighted by molar-refractivity contribution is 5.23. The molecular formula is C15H21F2NO. The molecule has 0 aliphatic carbocycles. The smallest absolute Gasteiger partial charge is 0.131 e. The SMILES string of the molecule is CC(C)NCC1CCCOC1c1c(F)cccc1F. The summed E-state index contributed by atoms with van der Waals surface area (Å²) in [5.41, 5.74) is 0.0813. The summed E-state index contributed by atoms with van der Waals surface area (Å²) >= 11 is 0. The normalized spacial score (nSPS) is 23.8. The third-order valence-electron chi connectivity index (χ3n) is 3.52. The summed E-state index contributed by atoms with van der Waals surface area (Å²) < 4.78 is 33.4. The van der Waals surface area contributed by atoms with Crippen LogP contribution in [0, 0.1) is 17.6 Å². The van der Waals surface area contributed by atoms with E-state index in [1.54, 1.807) is 0 Å². The van der Waals surface area contributed by atoms with Gasteiger partial charge in [-0.15, -0.1) is 0 Å². The Bertz CT molecular complexity index is 402. The van der Waals surface area contributed by atoms with Crippen molar-refractivity contribution >= 4 is 0 Å². The van der Waals surface area contributed by atoms with E-state index in [0.717, 1.165) is 19.4 Å². The molecule has 1 aromatic carbocycles. The van der Waals surface area contributed by atoms with Crippen LogP contribution in [0.3, 0.4) is 0 Å². The van der Waals surface area contributed by atoms with Gasteiger partial charge in [-0.05, 0) is 25.0 Å². The lowest BCUT2D eigenvalue weighted by molar-refractivity contribution is -0.0321. The van der Waals surface area contributed by atoms with Gasteiger partial charge < -0.3 is 10.1 Å². The summed E-state index contributed by atoms with van der Waals surface area (Å²) in [4.78, 5) is 0. The first-order valence-electron chi connectivity index (χ1n) is 6.88. The van der Waals surface area contributed by atoms with Crippen LogP contribution in [0.1, 0.15) is 38.4 Å². The zero-order valence-corrected chi connectivity index (χ0v) is 11.5. The monoisotopic (exact) mass is 269 g/mol. The molecule has 2 atom stereocenters. The number of nitrogens with one attached hydrogen (secondary N) is 1. The van der Waals surface area contributed by atoms with E-state index < -0.39 is 17.7 Å². The van der Waals surface area contributed by atoms with Gasteiger partial charge in [0, 0.05) is 25.1 Å². The van der Waals surface area contributed by atoms with E-state index in [2.05, 4.69) is 19.2 Å². The van der Waals surface area contributed by atoms with Gasteiger partial charge in [0.2, 0.25) is 0 Å². The Labute approximate surface area is 113 Å². The molecule has 1 aromatic rings. The van der Waals surface area contributed by atoms with Crippen LogP contribution in [-0.2, 0) is 4.74 Å². The molecule has 1 heterocycles. The molecule has 0 radical (unpaired) electrons. The third kappa shape index (κ3) is 3.51. The van der Waals surface area contributed by atoms with E-state index in [1.165, 1.54) is 18.2 Å². The van der Waals surface area contributed by atoms with Gasteiger partial charge >= 0.3 is 0 Å². The fourth-order valence-corrected chi connectivity index (χ4v) is 2.54. The Balaban J connectivity index is 2.19. The van der Waals surface area contributed by atoms with Crippen molar-refractivity contribution in [1.29, 1.82) is 0 Å². The van der Waals surface area contributed by atoms with Crippen LogP contribution in [0.4, 0.5) is 8.78 Å². The van der Waals surface area contributed by atoms with Gasteiger partial charge in [-0.3, -0.25) is 0 Å². The Kier molecular flexibility index (Phi) is 4.88. The Hall–Kier alpha value is -1.00. The summed E-state index contributed by atoms with van der Waals surface area (Å²) in [6.45, 7) is 5.40. The standard InChI is InChI=1S/C15H21F2NO/c1-10(2)18-9-11-5-4-8-19-15(11)14-12(16)6-3-7-13(14)17/h3,6-7,10-11,15,18H,4-5,8-9H2,1-2H3. The number of rotatable bonds is 4. The lowest BCUT2D eigenvalue weighted by Crippen LogP contribution is -2.35. The average molecular weight is 269 g/mol. The molecule has 0 bridgehead atoms. The molecule has 4 heteroatoms. The molecular weight excluding hydrogens is 248 g/mol. The highest BCUT2D eigenvalue weighted by Gasteiger charge is 2.31. The Morgan fingerprint density at radius 1 is 1.32 bits per heavy atom. The molecule has 2 nitrogen and oxygen atoms in total. The average Bonchev–Trinajstić information content (AvgIpc) is 2.37. The van der Waals surface area contributed by atoms with Crippen molar-refractivity contribution in [2.45, 2.75) is 38.8 Å². The number of hydrogen-bond donors (Lipinski definition) is 1. The molecule has 2 unspecified atom stereocenters. The number of halogens is 2. The van der Waals surface area contributed by atoms with E-state index in [4.69, 9.17) is 4.74 Å². The summed E-state index contributed by atoms with van der Waals surface area (Å²) in [5, 5.41) is 3.33. The molecule has 0 spiro atoms. The minimum atomic E-state index is -0.513. The number of ether oxygens (including phenoxy) is 1. The molecule has 19 heavy (non-hydrogen) atoms. The number of hydrogen-bond acceptors (Lipinski definition) is 2. The van der Waals surface area contributed by atoms with Gasteiger partial charge in [0.05, 0.1) is 11.7 Å². The minimum absolute atomic E-state index is 0.0813.